The highest BCUT2D eigenvalue weighted by Crippen LogP contribution is 2.18. The monoisotopic (exact) mass is 368 g/mol. The Morgan fingerprint density at radius 2 is 1.78 bits per heavy atom. The molecule has 3 rings (SSSR count). The Bertz CT molecular complexity index is 830. The van der Waals surface area contributed by atoms with E-state index in [1.54, 1.807) is 6.20 Å². The predicted octanol–water partition coefficient (Wildman–Crippen LogP) is 2.63. The van der Waals surface area contributed by atoms with Crippen LogP contribution >= 0.6 is 0 Å². The molecule has 0 aliphatic carbocycles. The van der Waals surface area contributed by atoms with Crippen LogP contribution in [0.15, 0.2) is 54.7 Å². The zero-order valence-corrected chi connectivity index (χ0v) is 14.8. The van der Waals surface area contributed by atoms with Crippen LogP contribution in [0.4, 0.5) is 15.9 Å². The zero-order valence-electron chi connectivity index (χ0n) is 14.8. The third kappa shape index (κ3) is 5.64. The van der Waals surface area contributed by atoms with Crippen molar-refractivity contribution in [1.82, 2.24) is 10.3 Å². The van der Waals surface area contributed by atoms with E-state index in [1.165, 1.54) is 43.2 Å². The van der Waals surface area contributed by atoms with E-state index in [0.717, 1.165) is 30.5 Å². The number of carbonyl (C=O) groups excluding carboxylic acids is 2. The Kier molecular flexibility index (Phi) is 6.14. The normalized spacial score (nSPS) is 13.7. The molecule has 0 radical (unpaired) electrons. The predicted molar refractivity (Wildman–Crippen MR) is 102 cm³/mol. The van der Waals surface area contributed by atoms with Gasteiger partial charge in [0.15, 0.2) is 0 Å². The van der Waals surface area contributed by atoms with E-state index < -0.39 is 5.91 Å². The zero-order chi connectivity index (χ0) is 19.1. The van der Waals surface area contributed by atoms with Gasteiger partial charge in [0.2, 0.25) is 11.8 Å². The molecule has 140 valence electrons. The number of amides is 2. The molecule has 1 saturated heterocycles. The summed E-state index contributed by atoms with van der Waals surface area (Å²) in [5.41, 5.74) is 1.40. The molecule has 2 amide bonds. The molecular weight excluding hydrogens is 347 g/mol. The van der Waals surface area contributed by atoms with Gasteiger partial charge in [-0.05, 0) is 54.8 Å². The van der Waals surface area contributed by atoms with Crippen LogP contribution in [-0.2, 0) is 16.1 Å². The summed E-state index contributed by atoms with van der Waals surface area (Å²) in [6.07, 6.45) is 6.39. The first kappa shape index (κ1) is 18.6. The summed E-state index contributed by atoms with van der Waals surface area (Å²) in [4.78, 5) is 30.3. The number of anilines is 2. The number of hydrogen-bond acceptors (Lipinski definition) is 4. The SMILES string of the molecule is O=C(/C=C/C(=O)Nc1ccc(F)cc1)NCc1ccnc(N2CCCC2)c1. The van der Waals surface area contributed by atoms with E-state index in [4.69, 9.17) is 0 Å². The fourth-order valence-electron chi connectivity index (χ4n) is 2.81. The van der Waals surface area contributed by atoms with Gasteiger partial charge in [-0.1, -0.05) is 0 Å². The van der Waals surface area contributed by atoms with Gasteiger partial charge >= 0.3 is 0 Å². The Morgan fingerprint density at radius 3 is 2.52 bits per heavy atom. The summed E-state index contributed by atoms with van der Waals surface area (Å²) in [7, 11) is 0. The number of pyridine rings is 1. The average Bonchev–Trinajstić information content (AvgIpc) is 3.22. The maximum absolute atomic E-state index is 12.8. The van der Waals surface area contributed by atoms with E-state index in [9.17, 15) is 14.0 Å². The van der Waals surface area contributed by atoms with Crippen LogP contribution in [0.1, 0.15) is 18.4 Å². The molecule has 1 aromatic carbocycles. The Balaban J connectivity index is 1.47. The number of hydrogen-bond donors (Lipinski definition) is 2. The van der Waals surface area contributed by atoms with E-state index in [2.05, 4.69) is 20.5 Å². The lowest BCUT2D eigenvalue weighted by Crippen LogP contribution is -2.22. The van der Waals surface area contributed by atoms with Crippen LogP contribution in [0.25, 0.3) is 0 Å². The van der Waals surface area contributed by atoms with E-state index in [-0.39, 0.29) is 11.7 Å². The summed E-state index contributed by atoms with van der Waals surface area (Å²) in [5, 5.41) is 5.29. The summed E-state index contributed by atoms with van der Waals surface area (Å²) >= 11 is 0. The molecule has 2 aromatic rings. The van der Waals surface area contributed by atoms with Crippen molar-refractivity contribution in [3.05, 3.63) is 66.1 Å². The maximum atomic E-state index is 12.8. The lowest BCUT2D eigenvalue weighted by atomic mass is 10.2. The summed E-state index contributed by atoms with van der Waals surface area (Å²) in [5.74, 6) is -0.291. The quantitative estimate of drug-likeness (QED) is 0.769. The number of carbonyl (C=O) groups is 2. The van der Waals surface area contributed by atoms with Crippen molar-refractivity contribution >= 4 is 23.3 Å². The smallest absolute Gasteiger partial charge is 0.248 e. The molecule has 27 heavy (non-hydrogen) atoms. The second kappa shape index (κ2) is 8.93. The van der Waals surface area contributed by atoms with Crippen LogP contribution in [-0.4, -0.2) is 29.9 Å². The van der Waals surface area contributed by atoms with Crippen molar-refractivity contribution in [1.29, 1.82) is 0 Å². The molecule has 1 aliphatic rings. The second-order valence-electron chi connectivity index (χ2n) is 6.26. The van der Waals surface area contributed by atoms with Gasteiger partial charge in [-0.3, -0.25) is 9.59 Å². The van der Waals surface area contributed by atoms with Gasteiger partial charge in [0.25, 0.3) is 0 Å². The van der Waals surface area contributed by atoms with Gasteiger partial charge in [0.05, 0.1) is 0 Å². The van der Waals surface area contributed by atoms with Gasteiger partial charge in [0.1, 0.15) is 11.6 Å². The average molecular weight is 368 g/mol. The Morgan fingerprint density at radius 1 is 1.07 bits per heavy atom. The Labute approximate surface area is 157 Å². The maximum Gasteiger partial charge on any atom is 0.248 e. The van der Waals surface area contributed by atoms with Gasteiger partial charge in [0, 0.05) is 43.7 Å². The van der Waals surface area contributed by atoms with Crippen molar-refractivity contribution in [2.24, 2.45) is 0 Å². The van der Waals surface area contributed by atoms with Gasteiger partial charge in [-0.2, -0.15) is 0 Å². The first-order chi connectivity index (χ1) is 13.1. The third-order valence-corrected chi connectivity index (χ3v) is 4.20. The molecule has 2 heterocycles. The topological polar surface area (TPSA) is 74.3 Å². The number of rotatable bonds is 6. The molecule has 0 saturated carbocycles. The molecular formula is C20H21FN4O2. The van der Waals surface area contributed by atoms with E-state index in [1.807, 2.05) is 12.1 Å². The first-order valence-corrected chi connectivity index (χ1v) is 8.82. The molecule has 0 atom stereocenters. The van der Waals surface area contributed by atoms with E-state index >= 15 is 0 Å². The standard InChI is InChI=1S/C20H21FN4O2/c21-16-3-5-17(6-4-16)24-20(27)8-7-19(26)23-14-15-9-10-22-18(13-15)25-11-1-2-12-25/h3-10,13H,1-2,11-12,14H2,(H,23,26)(H,24,27)/b8-7+. The minimum atomic E-state index is -0.461. The highest BCUT2D eigenvalue weighted by Gasteiger charge is 2.13. The Hall–Kier alpha value is -3.22. The lowest BCUT2D eigenvalue weighted by molar-refractivity contribution is -0.117. The number of nitrogens with one attached hydrogen (secondary N) is 2. The van der Waals surface area contributed by atoms with Crippen LogP contribution in [0.3, 0.4) is 0 Å². The van der Waals surface area contributed by atoms with Crippen molar-refractivity contribution < 1.29 is 14.0 Å². The molecule has 2 N–H and O–H groups in total. The summed E-state index contributed by atoms with van der Waals surface area (Å²) < 4.78 is 12.8. The molecule has 6 nitrogen and oxygen atoms in total. The van der Waals surface area contributed by atoms with Crippen LogP contribution in [0.2, 0.25) is 0 Å². The largest absolute Gasteiger partial charge is 0.357 e. The highest BCUT2D eigenvalue weighted by atomic mass is 19.1. The van der Waals surface area contributed by atoms with Gasteiger partial charge < -0.3 is 15.5 Å². The fourth-order valence-corrected chi connectivity index (χ4v) is 2.81. The number of nitrogens with zero attached hydrogens (tertiary/aromatic N) is 2. The number of benzene rings is 1. The lowest BCUT2D eigenvalue weighted by Gasteiger charge is -2.16. The van der Waals surface area contributed by atoms with Crippen LogP contribution in [0.5, 0.6) is 0 Å². The van der Waals surface area contributed by atoms with Crippen molar-refractivity contribution in [3.8, 4) is 0 Å². The second-order valence-corrected chi connectivity index (χ2v) is 6.26. The van der Waals surface area contributed by atoms with E-state index in [0.29, 0.717) is 12.2 Å². The molecule has 0 bridgehead atoms. The van der Waals surface area contributed by atoms with Crippen LogP contribution < -0.4 is 15.5 Å². The molecule has 1 fully saturated rings. The highest BCUT2D eigenvalue weighted by molar-refractivity contribution is 6.03. The molecule has 0 unspecified atom stereocenters. The molecule has 1 aliphatic heterocycles. The van der Waals surface area contributed by atoms with Crippen molar-refractivity contribution in [2.45, 2.75) is 19.4 Å². The van der Waals surface area contributed by atoms with Gasteiger partial charge in [-0.15, -0.1) is 0 Å². The summed E-state index contributed by atoms with van der Waals surface area (Å²) in [6.45, 7) is 2.37. The minimum Gasteiger partial charge on any atom is -0.357 e. The van der Waals surface area contributed by atoms with Gasteiger partial charge in [-0.25, -0.2) is 9.37 Å². The van der Waals surface area contributed by atoms with Crippen molar-refractivity contribution in [3.63, 3.8) is 0 Å². The first-order valence-electron chi connectivity index (χ1n) is 8.82. The number of aromatic nitrogens is 1. The fraction of sp³-hybridized carbons (Fsp3) is 0.250. The molecule has 7 heteroatoms. The van der Waals surface area contributed by atoms with Crippen LogP contribution in [0, 0.1) is 5.82 Å². The minimum absolute atomic E-state index is 0.353. The molecule has 1 aromatic heterocycles. The van der Waals surface area contributed by atoms with Crippen molar-refractivity contribution in [2.75, 3.05) is 23.3 Å². The summed E-state index contributed by atoms with van der Waals surface area (Å²) in [6, 6.07) is 9.21. The molecule has 0 spiro atoms. The number of halogens is 1. The third-order valence-electron chi connectivity index (χ3n) is 4.20.